The highest BCUT2D eigenvalue weighted by Gasteiger charge is 2.28. The summed E-state index contributed by atoms with van der Waals surface area (Å²) in [4.78, 5) is 37.5. The topological polar surface area (TPSA) is 108 Å². The zero-order valence-electron chi connectivity index (χ0n) is 11.4. The SMILES string of the molecule is O=C(CCCNC(=O)C1CC1)NCc1nc(C(=O)O)cs1. The molecular formula is C13H17N3O4S. The van der Waals surface area contributed by atoms with E-state index in [2.05, 4.69) is 15.6 Å². The van der Waals surface area contributed by atoms with Crippen molar-refractivity contribution >= 4 is 29.1 Å². The number of carboxylic acid groups (broad SMARTS) is 1. The van der Waals surface area contributed by atoms with Crippen LogP contribution in [0.1, 0.15) is 41.2 Å². The number of thiazole rings is 1. The number of amides is 2. The lowest BCUT2D eigenvalue weighted by atomic mass is 10.3. The first-order chi connectivity index (χ1) is 10.1. The number of aromatic nitrogens is 1. The van der Waals surface area contributed by atoms with Crippen LogP contribution in [0.25, 0.3) is 0 Å². The number of nitrogens with zero attached hydrogens (tertiary/aromatic N) is 1. The molecule has 2 rings (SSSR count). The average Bonchev–Trinajstić information content (AvgIpc) is 3.19. The van der Waals surface area contributed by atoms with E-state index in [1.165, 1.54) is 16.7 Å². The lowest BCUT2D eigenvalue weighted by Gasteiger charge is -2.05. The monoisotopic (exact) mass is 311 g/mol. The van der Waals surface area contributed by atoms with Gasteiger partial charge in [-0.3, -0.25) is 9.59 Å². The van der Waals surface area contributed by atoms with Crippen LogP contribution in [0.15, 0.2) is 5.38 Å². The fourth-order valence-corrected chi connectivity index (χ4v) is 2.41. The Morgan fingerprint density at radius 2 is 2.10 bits per heavy atom. The van der Waals surface area contributed by atoms with Crippen LogP contribution < -0.4 is 10.6 Å². The highest BCUT2D eigenvalue weighted by molar-refractivity contribution is 7.09. The summed E-state index contributed by atoms with van der Waals surface area (Å²) in [5.74, 6) is -0.940. The summed E-state index contributed by atoms with van der Waals surface area (Å²) in [5, 5.41) is 16.2. The Morgan fingerprint density at radius 3 is 2.71 bits per heavy atom. The van der Waals surface area contributed by atoms with E-state index in [9.17, 15) is 14.4 Å². The fraction of sp³-hybridized carbons (Fsp3) is 0.538. The molecule has 1 aromatic heterocycles. The maximum atomic E-state index is 11.6. The Kier molecular flexibility index (Phi) is 5.26. The van der Waals surface area contributed by atoms with Gasteiger partial charge in [0.05, 0.1) is 6.54 Å². The molecule has 0 aromatic carbocycles. The Hall–Kier alpha value is -1.96. The molecule has 21 heavy (non-hydrogen) atoms. The maximum Gasteiger partial charge on any atom is 0.355 e. The Balaban J connectivity index is 1.58. The number of nitrogens with one attached hydrogen (secondary N) is 2. The van der Waals surface area contributed by atoms with Gasteiger partial charge >= 0.3 is 5.97 Å². The van der Waals surface area contributed by atoms with Gasteiger partial charge in [-0.2, -0.15) is 0 Å². The first-order valence-corrected chi connectivity index (χ1v) is 7.66. The quantitative estimate of drug-likeness (QED) is 0.614. The number of carbonyl (C=O) groups is 3. The van der Waals surface area contributed by atoms with E-state index in [-0.39, 0.29) is 30.0 Å². The van der Waals surface area contributed by atoms with Crippen LogP contribution in [0.5, 0.6) is 0 Å². The number of hydrogen-bond acceptors (Lipinski definition) is 5. The predicted octanol–water partition coefficient (Wildman–Crippen LogP) is 0.764. The van der Waals surface area contributed by atoms with Crippen molar-refractivity contribution in [1.82, 2.24) is 15.6 Å². The summed E-state index contributed by atoms with van der Waals surface area (Å²) in [5.41, 5.74) is -0.00737. The molecule has 0 bridgehead atoms. The Labute approximate surface area is 125 Å². The van der Waals surface area contributed by atoms with Gasteiger partial charge in [-0.15, -0.1) is 11.3 Å². The van der Waals surface area contributed by atoms with Gasteiger partial charge in [-0.05, 0) is 19.3 Å². The van der Waals surface area contributed by atoms with E-state index in [4.69, 9.17) is 5.11 Å². The van der Waals surface area contributed by atoms with Gasteiger partial charge in [-0.1, -0.05) is 0 Å². The lowest BCUT2D eigenvalue weighted by Crippen LogP contribution is -2.28. The van der Waals surface area contributed by atoms with Crippen LogP contribution in [0.3, 0.4) is 0 Å². The minimum absolute atomic E-state index is 0.00737. The molecule has 3 N–H and O–H groups in total. The van der Waals surface area contributed by atoms with Gasteiger partial charge < -0.3 is 15.7 Å². The molecule has 1 aromatic rings. The van der Waals surface area contributed by atoms with Crippen molar-refractivity contribution in [3.63, 3.8) is 0 Å². The largest absolute Gasteiger partial charge is 0.476 e. The summed E-state index contributed by atoms with van der Waals surface area (Å²) in [6, 6.07) is 0. The zero-order chi connectivity index (χ0) is 15.2. The van der Waals surface area contributed by atoms with E-state index in [1.807, 2.05) is 0 Å². The molecular weight excluding hydrogens is 294 g/mol. The predicted molar refractivity (Wildman–Crippen MR) is 75.9 cm³/mol. The van der Waals surface area contributed by atoms with Crippen molar-refractivity contribution < 1.29 is 19.5 Å². The second-order valence-corrected chi connectivity index (χ2v) is 5.82. The van der Waals surface area contributed by atoms with Crippen LogP contribution >= 0.6 is 11.3 Å². The third-order valence-electron chi connectivity index (χ3n) is 3.04. The van der Waals surface area contributed by atoms with Crippen LogP contribution in [0, 0.1) is 5.92 Å². The van der Waals surface area contributed by atoms with E-state index in [0.717, 1.165) is 12.8 Å². The standard InChI is InChI=1S/C13H17N3O4S/c17-10(2-1-5-14-12(18)8-3-4-8)15-6-11-16-9(7-21-11)13(19)20/h7-8H,1-6H2,(H,14,18)(H,15,17)(H,19,20). The van der Waals surface area contributed by atoms with Crippen LogP contribution in [0.4, 0.5) is 0 Å². The van der Waals surface area contributed by atoms with Gasteiger partial charge in [0.2, 0.25) is 11.8 Å². The number of carboxylic acids is 1. The van der Waals surface area contributed by atoms with Crippen LogP contribution in [-0.4, -0.2) is 34.4 Å². The van der Waals surface area contributed by atoms with Gasteiger partial charge in [-0.25, -0.2) is 9.78 Å². The minimum Gasteiger partial charge on any atom is -0.476 e. The molecule has 1 heterocycles. The molecule has 114 valence electrons. The molecule has 2 amide bonds. The summed E-state index contributed by atoms with van der Waals surface area (Å²) >= 11 is 1.20. The van der Waals surface area contributed by atoms with Crippen molar-refractivity contribution in [3.8, 4) is 0 Å². The van der Waals surface area contributed by atoms with E-state index in [1.54, 1.807) is 0 Å². The summed E-state index contributed by atoms with van der Waals surface area (Å²) in [7, 11) is 0. The zero-order valence-corrected chi connectivity index (χ0v) is 12.2. The van der Waals surface area contributed by atoms with Crippen molar-refractivity contribution in [2.24, 2.45) is 5.92 Å². The third kappa shape index (κ3) is 5.14. The number of hydrogen-bond donors (Lipinski definition) is 3. The second-order valence-electron chi connectivity index (χ2n) is 4.88. The van der Waals surface area contributed by atoms with Gasteiger partial charge in [0, 0.05) is 24.3 Å². The smallest absolute Gasteiger partial charge is 0.355 e. The molecule has 0 radical (unpaired) electrons. The molecule has 1 aliphatic carbocycles. The van der Waals surface area contributed by atoms with Crippen LogP contribution in [0.2, 0.25) is 0 Å². The Bertz CT molecular complexity index is 539. The second kappa shape index (κ2) is 7.16. The van der Waals surface area contributed by atoms with Gasteiger partial charge in [0.1, 0.15) is 5.01 Å². The highest BCUT2D eigenvalue weighted by Crippen LogP contribution is 2.28. The number of rotatable bonds is 8. The molecule has 0 aliphatic heterocycles. The molecule has 1 fully saturated rings. The van der Waals surface area contributed by atoms with E-state index in [0.29, 0.717) is 24.4 Å². The molecule has 7 nitrogen and oxygen atoms in total. The minimum atomic E-state index is -1.07. The van der Waals surface area contributed by atoms with Crippen molar-refractivity contribution in [3.05, 3.63) is 16.1 Å². The Morgan fingerprint density at radius 1 is 1.33 bits per heavy atom. The summed E-state index contributed by atoms with van der Waals surface area (Å²) < 4.78 is 0. The van der Waals surface area contributed by atoms with Crippen molar-refractivity contribution in [2.75, 3.05) is 6.54 Å². The van der Waals surface area contributed by atoms with E-state index < -0.39 is 5.97 Å². The maximum absolute atomic E-state index is 11.6. The lowest BCUT2D eigenvalue weighted by molar-refractivity contribution is -0.123. The molecule has 1 aliphatic rings. The highest BCUT2D eigenvalue weighted by atomic mass is 32.1. The fourth-order valence-electron chi connectivity index (χ4n) is 1.70. The molecule has 0 unspecified atom stereocenters. The molecule has 1 saturated carbocycles. The van der Waals surface area contributed by atoms with Crippen molar-refractivity contribution in [2.45, 2.75) is 32.2 Å². The molecule has 8 heteroatoms. The first kappa shape index (κ1) is 15.4. The van der Waals surface area contributed by atoms with Gasteiger partial charge in [0.15, 0.2) is 5.69 Å². The number of aromatic carboxylic acids is 1. The average molecular weight is 311 g/mol. The first-order valence-electron chi connectivity index (χ1n) is 6.78. The molecule has 0 saturated heterocycles. The van der Waals surface area contributed by atoms with E-state index >= 15 is 0 Å². The molecule has 0 atom stereocenters. The summed E-state index contributed by atoms with van der Waals surface area (Å²) in [6.07, 6.45) is 2.85. The molecule has 0 spiro atoms. The van der Waals surface area contributed by atoms with Crippen LogP contribution in [-0.2, 0) is 16.1 Å². The third-order valence-corrected chi connectivity index (χ3v) is 3.88. The van der Waals surface area contributed by atoms with Gasteiger partial charge in [0.25, 0.3) is 0 Å². The summed E-state index contributed by atoms with van der Waals surface area (Å²) in [6.45, 7) is 0.731. The normalized spacial score (nSPS) is 13.7. The number of carbonyl (C=O) groups excluding carboxylic acids is 2. The van der Waals surface area contributed by atoms with Crippen molar-refractivity contribution in [1.29, 1.82) is 0 Å².